The third kappa shape index (κ3) is 5.18. The molecule has 0 spiro atoms. The molecule has 0 aliphatic heterocycles. The van der Waals surface area contributed by atoms with Crippen LogP contribution in [0.3, 0.4) is 0 Å². The Hall–Kier alpha value is -0.760. The van der Waals surface area contributed by atoms with E-state index in [2.05, 4.69) is 10.0 Å². The van der Waals surface area contributed by atoms with E-state index >= 15 is 0 Å². The van der Waals surface area contributed by atoms with Gasteiger partial charge in [-0.05, 0) is 45.4 Å². The molecule has 0 atom stereocenters. The maximum absolute atomic E-state index is 12.4. The first kappa shape index (κ1) is 18.3. The summed E-state index contributed by atoms with van der Waals surface area (Å²) in [6.45, 7) is 4.92. The van der Waals surface area contributed by atoms with Crippen LogP contribution >= 0.6 is 11.8 Å². The number of hydrogen-bond donors (Lipinski definition) is 2. The van der Waals surface area contributed by atoms with Gasteiger partial charge in [-0.3, -0.25) is 0 Å². The second kappa shape index (κ2) is 7.49. The molecule has 0 saturated heterocycles. The monoisotopic (exact) mass is 332 g/mol. The van der Waals surface area contributed by atoms with Crippen molar-refractivity contribution in [3.8, 4) is 5.75 Å². The fourth-order valence-electron chi connectivity index (χ4n) is 1.68. The van der Waals surface area contributed by atoms with Crippen molar-refractivity contribution in [2.24, 2.45) is 0 Å². The summed E-state index contributed by atoms with van der Waals surface area (Å²) in [5.74, 6) is 0.674. The van der Waals surface area contributed by atoms with Crippen molar-refractivity contribution in [2.75, 3.05) is 27.0 Å². The van der Waals surface area contributed by atoms with Gasteiger partial charge < -0.3 is 10.1 Å². The summed E-state index contributed by atoms with van der Waals surface area (Å²) in [6, 6.07) is 4.89. The summed E-state index contributed by atoms with van der Waals surface area (Å²) < 4.78 is 32.5. The van der Waals surface area contributed by atoms with Gasteiger partial charge in [-0.1, -0.05) is 0 Å². The van der Waals surface area contributed by atoms with Crippen LogP contribution < -0.4 is 14.8 Å². The quantitative estimate of drug-likeness (QED) is 0.760. The van der Waals surface area contributed by atoms with E-state index in [4.69, 9.17) is 4.74 Å². The second-order valence-corrected chi connectivity index (χ2v) is 8.57. The first-order valence-corrected chi connectivity index (χ1v) is 9.33. The Morgan fingerprint density at radius 2 is 2.00 bits per heavy atom. The van der Waals surface area contributed by atoms with E-state index in [1.807, 2.05) is 20.1 Å². The molecule has 2 N–H and O–H groups in total. The van der Waals surface area contributed by atoms with Gasteiger partial charge >= 0.3 is 0 Å². The molecule has 120 valence electrons. The summed E-state index contributed by atoms with van der Waals surface area (Å²) in [7, 11) is -0.139. The number of nitrogens with one attached hydrogen (secondary N) is 2. The Labute approximate surface area is 131 Å². The highest BCUT2D eigenvalue weighted by molar-refractivity contribution is 8.00. The van der Waals surface area contributed by atoms with Gasteiger partial charge in [0.25, 0.3) is 0 Å². The number of rotatable bonds is 8. The summed E-state index contributed by atoms with van der Waals surface area (Å²) in [4.78, 5) is 0.255. The molecule has 0 aliphatic rings. The van der Waals surface area contributed by atoms with Crippen LogP contribution in [0.2, 0.25) is 0 Å². The number of sulfonamides is 1. The molecule has 0 unspecified atom stereocenters. The van der Waals surface area contributed by atoms with Crippen LogP contribution in [0.15, 0.2) is 23.1 Å². The zero-order valence-corrected chi connectivity index (χ0v) is 14.8. The standard InChI is InChI=1S/C14H24N2O3S2/c1-14(2,20-5)10-16-21(17,18)12-6-7-13(19-4)11(8-12)9-15-3/h6-8,15-16H,9-10H2,1-5H3. The Morgan fingerprint density at radius 3 is 2.52 bits per heavy atom. The number of ether oxygens (including phenoxy) is 1. The van der Waals surface area contributed by atoms with Crippen molar-refractivity contribution >= 4 is 21.8 Å². The molecule has 0 amide bonds. The molecule has 1 rings (SSSR count). The average Bonchev–Trinajstić information content (AvgIpc) is 2.46. The number of methoxy groups -OCH3 is 1. The van der Waals surface area contributed by atoms with Crippen LogP contribution in [0.4, 0.5) is 0 Å². The third-order valence-corrected chi connectivity index (χ3v) is 5.82. The Balaban J connectivity index is 3.00. The zero-order valence-electron chi connectivity index (χ0n) is 13.2. The first-order valence-electron chi connectivity index (χ1n) is 6.62. The highest BCUT2D eigenvalue weighted by Gasteiger charge is 2.22. The lowest BCUT2D eigenvalue weighted by molar-refractivity contribution is 0.408. The maximum Gasteiger partial charge on any atom is 0.240 e. The van der Waals surface area contributed by atoms with E-state index in [1.54, 1.807) is 44.1 Å². The van der Waals surface area contributed by atoms with Gasteiger partial charge in [0.2, 0.25) is 10.0 Å². The lowest BCUT2D eigenvalue weighted by Gasteiger charge is -2.22. The van der Waals surface area contributed by atoms with E-state index in [9.17, 15) is 8.42 Å². The molecular weight excluding hydrogens is 308 g/mol. The summed E-state index contributed by atoms with van der Waals surface area (Å²) >= 11 is 1.62. The van der Waals surface area contributed by atoms with Crippen LogP contribution in [0, 0.1) is 0 Å². The molecule has 0 heterocycles. The zero-order chi connectivity index (χ0) is 16.1. The van der Waals surface area contributed by atoms with Crippen LogP contribution in [0.25, 0.3) is 0 Å². The molecule has 0 saturated carbocycles. The minimum atomic E-state index is -3.52. The van der Waals surface area contributed by atoms with E-state index in [1.165, 1.54) is 0 Å². The smallest absolute Gasteiger partial charge is 0.240 e. The Kier molecular flexibility index (Phi) is 6.52. The van der Waals surface area contributed by atoms with Gasteiger partial charge in [0, 0.05) is 23.4 Å². The number of thioether (sulfide) groups is 1. The van der Waals surface area contributed by atoms with Gasteiger partial charge in [0.1, 0.15) is 5.75 Å². The topological polar surface area (TPSA) is 67.4 Å². The van der Waals surface area contributed by atoms with Crippen molar-refractivity contribution in [2.45, 2.75) is 30.0 Å². The van der Waals surface area contributed by atoms with Crippen molar-refractivity contribution < 1.29 is 13.2 Å². The highest BCUT2D eigenvalue weighted by Crippen LogP contribution is 2.24. The molecule has 1 aromatic rings. The van der Waals surface area contributed by atoms with Crippen molar-refractivity contribution in [1.29, 1.82) is 0 Å². The molecule has 7 heteroatoms. The van der Waals surface area contributed by atoms with Crippen LogP contribution in [0.1, 0.15) is 19.4 Å². The lowest BCUT2D eigenvalue weighted by Crippen LogP contribution is -2.36. The predicted octanol–water partition coefficient (Wildman–Crippen LogP) is 1.83. The van der Waals surface area contributed by atoms with Crippen molar-refractivity contribution in [1.82, 2.24) is 10.0 Å². The third-order valence-electron chi connectivity index (χ3n) is 3.17. The van der Waals surface area contributed by atoms with Crippen LogP contribution in [0.5, 0.6) is 5.75 Å². The van der Waals surface area contributed by atoms with Gasteiger partial charge in [-0.2, -0.15) is 11.8 Å². The van der Waals surface area contributed by atoms with Gasteiger partial charge in [-0.15, -0.1) is 0 Å². The average molecular weight is 332 g/mol. The SMILES string of the molecule is CNCc1cc(S(=O)(=O)NCC(C)(C)SC)ccc1OC. The van der Waals surface area contributed by atoms with Gasteiger partial charge in [0.15, 0.2) is 0 Å². The van der Waals surface area contributed by atoms with Crippen molar-refractivity contribution in [3.05, 3.63) is 23.8 Å². The van der Waals surface area contributed by atoms with Crippen molar-refractivity contribution in [3.63, 3.8) is 0 Å². The molecule has 0 fully saturated rings. The Bertz CT molecular complexity index is 572. The molecule has 0 radical (unpaired) electrons. The summed E-state index contributed by atoms with van der Waals surface area (Å²) in [6.07, 6.45) is 1.96. The first-order chi connectivity index (χ1) is 9.75. The molecule has 5 nitrogen and oxygen atoms in total. The predicted molar refractivity (Wildman–Crippen MR) is 88.5 cm³/mol. The number of hydrogen-bond acceptors (Lipinski definition) is 5. The molecular formula is C14H24N2O3S2. The van der Waals surface area contributed by atoms with Gasteiger partial charge in [-0.25, -0.2) is 13.1 Å². The lowest BCUT2D eigenvalue weighted by atomic mass is 10.2. The molecule has 0 aliphatic carbocycles. The minimum Gasteiger partial charge on any atom is -0.496 e. The fraction of sp³-hybridized carbons (Fsp3) is 0.571. The van der Waals surface area contributed by atoms with E-state index < -0.39 is 10.0 Å². The van der Waals surface area contributed by atoms with Crippen LogP contribution in [-0.4, -0.2) is 40.1 Å². The summed E-state index contributed by atoms with van der Waals surface area (Å²) in [5, 5.41) is 3.00. The maximum atomic E-state index is 12.4. The highest BCUT2D eigenvalue weighted by atomic mass is 32.2. The normalized spacial score (nSPS) is 12.4. The van der Waals surface area contributed by atoms with E-state index in [-0.39, 0.29) is 9.64 Å². The largest absolute Gasteiger partial charge is 0.496 e. The molecule has 21 heavy (non-hydrogen) atoms. The molecule has 0 bridgehead atoms. The second-order valence-electron chi connectivity index (χ2n) is 5.29. The Morgan fingerprint density at radius 1 is 1.33 bits per heavy atom. The molecule has 1 aromatic carbocycles. The van der Waals surface area contributed by atoms with Crippen LogP contribution in [-0.2, 0) is 16.6 Å². The minimum absolute atomic E-state index is 0.145. The van der Waals surface area contributed by atoms with E-state index in [0.717, 1.165) is 5.56 Å². The summed E-state index contributed by atoms with van der Waals surface area (Å²) in [5.41, 5.74) is 0.812. The van der Waals surface area contributed by atoms with E-state index in [0.29, 0.717) is 18.8 Å². The van der Waals surface area contributed by atoms with Gasteiger partial charge in [0.05, 0.1) is 12.0 Å². The number of benzene rings is 1. The fourth-order valence-corrected chi connectivity index (χ4v) is 3.25. The molecule has 0 aromatic heterocycles.